The molecular formula is C14H12O6. The molecule has 20 heavy (non-hydrogen) atoms. The van der Waals surface area contributed by atoms with E-state index in [1.165, 1.54) is 13.0 Å². The zero-order chi connectivity index (χ0) is 15.0. The topological polar surface area (TPSA) is 112 Å². The zero-order valence-electron chi connectivity index (χ0n) is 10.6. The van der Waals surface area contributed by atoms with Gasteiger partial charge < -0.3 is 15.3 Å². The molecule has 1 unspecified atom stereocenters. The molecule has 6 nitrogen and oxygen atoms in total. The van der Waals surface area contributed by atoms with Crippen LogP contribution < -0.4 is 0 Å². The molecule has 0 spiro atoms. The second-order valence-corrected chi connectivity index (χ2v) is 4.64. The summed E-state index contributed by atoms with van der Waals surface area (Å²) in [6.07, 6.45) is 0.0723. The quantitative estimate of drug-likeness (QED) is 0.709. The Morgan fingerprint density at radius 3 is 2.50 bits per heavy atom. The number of ketones is 2. The summed E-state index contributed by atoms with van der Waals surface area (Å²) < 4.78 is 0. The monoisotopic (exact) mass is 276 g/mol. The Morgan fingerprint density at radius 1 is 1.30 bits per heavy atom. The van der Waals surface area contributed by atoms with Gasteiger partial charge >= 0.3 is 5.97 Å². The molecule has 1 aromatic carbocycles. The van der Waals surface area contributed by atoms with Crippen molar-refractivity contribution in [1.82, 2.24) is 0 Å². The number of Topliss-reactive ketones (excluding diaryl/α,β-unsaturated/α-hetero) is 1. The number of benzene rings is 1. The predicted octanol–water partition coefficient (Wildman–Crippen LogP) is 0.972. The summed E-state index contributed by atoms with van der Waals surface area (Å²) >= 11 is 0. The van der Waals surface area contributed by atoms with Gasteiger partial charge in [0.1, 0.15) is 5.76 Å². The highest BCUT2D eigenvalue weighted by Gasteiger charge is 2.29. The number of fused-ring (bicyclic) bond motifs is 1. The van der Waals surface area contributed by atoms with E-state index in [1.54, 1.807) is 0 Å². The van der Waals surface area contributed by atoms with E-state index in [9.17, 15) is 24.6 Å². The first kappa shape index (κ1) is 14.0. The van der Waals surface area contributed by atoms with Crippen molar-refractivity contribution < 1.29 is 29.7 Å². The molecular weight excluding hydrogens is 264 g/mol. The lowest BCUT2D eigenvalue weighted by Crippen LogP contribution is -2.22. The van der Waals surface area contributed by atoms with Crippen LogP contribution >= 0.6 is 0 Å². The van der Waals surface area contributed by atoms with Crippen LogP contribution in [0, 0.1) is 0 Å². The molecule has 1 aliphatic rings. The Labute approximate surface area is 114 Å². The van der Waals surface area contributed by atoms with Crippen LogP contribution in [-0.4, -0.2) is 39.0 Å². The van der Waals surface area contributed by atoms with Gasteiger partial charge in [-0.25, -0.2) is 4.79 Å². The molecule has 0 saturated heterocycles. The van der Waals surface area contributed by atoms with E-state index >= 15 is 0 Å². The highest BCUT2D eigenvalue weighted by molar-refractivity contribution is 6.50. The van der Waals surface area contributed by atoms with Crippen LogP contribution in [0.3, 0.4) is 0 Å². The third kappa shape index (κ3) is 2.33. The van der Waals surface area contributed by atoms with Crippen LogP contribution in [0.1, 0.15) is 38.8 Å². The van der Waals surface area contributed by atoms with Crippen LogP contribution in [0.2, 0.25) is 0 Å². The molecule has 2 rings (SSSR count). The minimum absolute atomic E-state index is 0.0584. The highest BCUT2D eigenvalue weighted by Crippen LogP contribution is 2.29. The molecule has 0 radical (unpaired) electrons. The summed E-state index contributed by atoms with van der Waals surface area (Å²) in [6.45, 7) is 1.50. The van der Waals surface area contributed by atoms with Gasteiger partial charge in [0.05, 0.1) is 11.7 Å². The summed E-state index contributed by atoms with van der Waals surface area (Å²) in [5.74, 6) is -3.42. The number of rotatable bonds is 3. The highest BCUT2D eigenvalue weighted by atomic mass is 16.4. The molecule has 3 N–H and O–H groups in total. The van der Waals surface area contributed by atoms with Gasteiger partial charge in [-0.1, -0.05) is 0 Å². The fraction of sp³-hybridized carbons (Fsp3) is 0.214. The average Bonchev–Trinajstić information content (AvgIpc) is 2.34. The van der Waals surface area contributed by atoms with E-state index in [0.717, 1.165) is 12.1 Å². The van der Waals surface area contributed by atoms with Crippen molar-refractivity contribution in [3.63, 3.8) is 0 Å². The number of carbonyl (C=O) groups is 3. The molecule has 0 heterocycles. The molecule has 1 atom stereocenters. The lowest BCUT2D eigenvalue weighted by atomic mass is 9.86. The molecule has 6 heteroatoms. The van der Waals surface area contributed by atoms with Crippen LogP contribution in [0.15, 0.2) is 18.2 Å². The van der Waals surface area contributed by atoms with Gasteiger partial charge in [0.25, 0.3) is 0 Å². The summed E-state index contributed by atoms with van der Waals surface area (Å²) in [4.78, 5) is 34.3. The molecule has 0 fully saturated rings. The maximum Gasteiger partial charge on any atom is 0.335 e. The SMILES string of the molecule is CC(O)Cc1cc(C(=O)O)cc2c1C(O)=CC(=O)C2=O. The fourth-order valence-electron chi connectivity index (χ4n) is 2.18. The van der Waals surface area contributed by atoms with E-state index < -0.39 is 29.4 Å². The molecule has 1 aromatic rings. The van der Waals surface area contributed by atoms with Crippen LogP contribution in [0.5, 0.6) is 0 Å². The van der Waals surface area contributed by atoms with Gasteiger partial charge in [-0.3, -0.25) is 9.59 Å². The first-order valence-corrected chi connectivity index (χ1v) is 5.89. The van der Waals surface area contributed by atoms with E-state index in [-0.39, 0.29) is 23.1 Å². The Hall–Kier alpha value is -2.47. The zero-order valence-corrected chi connectivity index (χ0v) is 10.6. The van der Waals surface area contributed by atoms with Crippen LogP contribution in [0.4, 0.5) is 0 Å². The maximum absolute atomic E-state index is 11.8. The fourth-order valence-corrected chi connectivity index (χ4v) is 2.18. The summed E-state index contributed by atoms with van der Waals surface area (Å²) in [5.41, 5.74) is 0.103. The van der Waals surface area contributed by atoms with Crippen molar-refractivity contribution in [3.8, 4) is 0 Å². The van der Waals surface area contributed by atoms with Crippen molar-refractivity contribution in [1.29, 1.82) is 0 Å². The Kier molecular flexibility index (Phi) is 3.42. The first-order chi connectivity index (χ1) is 9.31. The Bertz CT molecular complexity index is 654. The van der Waals surface area contributed by atoms with Gasteiger partial charge in [-0.2, -0.15) is 0 Å². The number of carboxylic acids is 1. The van der Waals surface area contributed by atoms with Gasteiger partial charge in [-0.05, 0) is 31.0 Å². The standard InChI is InChI=1S/C14H12O6/c1-6(15)2-7-3-8(14(19)20)4-9-12(7)10(16)5-11(17)13(9)18/h3-6,15-16H,2H2,1H3,(H,19,20). The van der Waals surface area contributed by atoms with Crippen molar-refractivity contribution >= 4 is 23.3 Å². The molecule has 0 bridgehead atoms. The minimum Gasteiger partial charge on any atom is -0.507 e. The number of aliphatic hydroxyl groups excluding tert-OH is 2. The van der Waals surface area contributed by atoms with E-state index in [1.807, 2.05) is 0 Å². The predicted molar refractivity (Wildman–Crippen MR) is 68.7 cm³/mol. The summed E-state index contributed by atoms with van der Waals surface area (Å²) in [5, 5.41) is 28.3. The van der Waals surface area contributed by atoms with Gasteiger partial charge in [0.2, 0.25) is 11.6 Å². The number of aromatic carboxylic acids is 1. The molecule has 0 saturated carbocycles. The second kappa shape index (κ2) is 4.90. The number of aliphatic hydroxyl groups is 2. The van der Waals surface area contributed by atoms with Crippen LogP contribution in [-0.2, 0) is 11.2 Å². The number of hydrogen-bond donors (Lipinski definition) is 3. The van der Waals surface area contributed by atoms with E-state index in [4.69, 9.17) is 5.11 Å². The third-order valence-corrected chi connectivity index (χ3v) is 2.97. The van der Waals surface area contributed by atoms with Gasteiger partial charge in [-0.15, -0.1) is 0 Å². The van der Waals surface area contributed by atoms with Crippen molar-refractivity contribution in [3.05, 3.63) is 40.5 Å². The summed E-state index contributed by atoms with van der Waals surface area (Å²) in [6, 6.07) is 2.34. The number of carboxylic acid groups (broad SMARTS) is 1. The average molecular weight is 276 g/mol. The summed E-state index contributed by atoms with van der Waals surface area (Å²) in [7, 11) is 0. The van der Waals surface area contributed by atoms with E-state index in [0.29, 0.717) is 5.56 Å². The lowest BCUT2D eigenvalue weighted by molar-refractivity contribution is -0.111. The first-order valence-electron chi connectivity index (χ1n) is 5.89. The maximum atomic E-state index is 11.8. The molecule has 0 aromatic heterocycles. The normalized spacial score (nSPS) is 15.6. The van der Waals surface area contributed by atoms with Crippen molar-refractivity contribution in [2.45, 2.75) is 19.4 Å². The van der Waals surface area contributed by atoms with E-state index in [2.05, 4.69) is 0 Å². The largest absolute Gasteiger partial charge is 0.507 e. The number of hydrogen-bond acceptors (Lipinski definition) is 5. The number of carbonyl (C=O) groups excluding carboxylic acids is 2. The Balaban J connectivity index is 2.73. The van der Waals surface area contributed by atoms with Crippen molar-refractivity contribution in [2.24, 2.45) is 0 Å². The smallest absolute Gasteiger partial charge is 0.335 e. The van der Waals surface area contributed by atoms with Crippen LogP contribution in [0.25, 0.3) is 5.76 Å². The number of allylic oxidation sites excluding steroid dienone is 1. The van der Waals surface area contributed by atoms with Gasteiger partial charge in [0, 0.05) is 17.2 Å². The van der Waals surface area contributed by atoms with Gasteiger partial charge in [0.15, 0.2) is 0 Å². The van der Waals surface area contributed by atoms with Crippen molar-refractivity contribution in [2.75, 3.05) is 0 Å². The lowest BCUT2D eigenvalue weighted by Gasteiger charge is -2.18. The molecule has 0 amide bonds. The molecule has 104 valence electrons. The minimum atomic E-state index is -1.26. The molecule has 1 aliphatic carbocycles. The Morgan fingerprint density at radius 2 is 1.95 bits per heavy atom. The molecule has 0 aliphatic heterocycles. The third-order valence-electron chi connectivity index (χ3n) is 2.97. The second-order valence-electron chi connectivity index (χ2n) is 4.64.